The van der Waals surface area contributed by atoms with E-state index in [2.05, 4.69) is 22.9 Å². The fourth-order valence-electron chi connectivity index (χ4n) is 3.08. The van der Waals surface area contributed by atoms with Gasteiger partial charge >= 0.3 is 6.03 Å². The van der Waals surface area contributed by atoms with Gasteiger partial charge in [-0.15, -0.1) is 12.4 Å². The lowest BCUT2D eigenvalue weighted by molar-refractivity contribution is -0.122. The normalized spacial score (nSPS) is 21.2. The maximum Gasteiger partial charge on any atom is 0.312 e. The molecule has 0 aliphatic carbocycles. The Hall–Kier alpha value is -1.79. The summed E-state index contributed by atoms with van der Waals surface area (Å²) in [7, 11) is 0. The number of urea groups is 1. The van der Waals surface area contributed by atoms with Gasteiger partial charge in [-0.3, -0.25) is 4.79 Å². The van der Waals surface area contributed by atoms with Gasteiger partial charge in [0.15, 0.2) is 0 Å². The zero-order chi connectivity index (χ0) is 16.8. The number of nitrogens with one attached hydrogen (secondary N) is 3. The number of carbonyl (C=O) groups is 2. The first-order valence-corrected chi connectivity index (χ1v) is 8.11. The van der Waals surface area contributed by atoms with Crippen molar-refractivity contribution >= 4 is 24.3 Å². The van der Waals surface area contributed by atoms with Gasteiger partial charge in [0.25, 0.3) is 0 Å². The number of halogens is 1. The molecule has 1 aromatic carbocycles. The highest BCUT2D eigenvalue weighted by atomic mass is 35.5. The van der Waals surface area contributed by atoms with Crippen LogP contribution in [0.5, 0.6) is 0 Å². The van der Waals surface area contributed by atoms with Crippen molar-refractivity contribution in [3.05, 3.63) is 35.4 Å². The summed E-state index contributed by atoms with van der Waals surface area (Å²) in [5, 5.41) is 9.11. The first-order chi connectivity index (χ1) is 11.0. The Kier molecular flexibility index (Phi) is 8.01. The quantitative estimate of drug-likeness (QED) is 0.648. The smallest absolute Gasteiger partial charge is 0.312 e. The number of hydrogen-bond donors (Lipinski definition) is 4. The van der Waals surface area contributed by atoms with E-state index >= 15 is 0 Å². The van der Waals surface area contributed by atoms with E-state index in [0.717, 1.165) is 30.5 Å². The molecule has 1 aromatic rings. The van der Waals surface area contributed by atoms with Gasteiger partial charge in [0.1, 0.15) is 0 Å². The van der Waals surface area contributed by atoms with E-state index in [1.165, 1.54) is 0 Å². The van der Waals surface area contributed by atoms with E-state index in [1.54, 1.807) is 0 Å². The highest BCUT2D eigenvalue weighted by Gasteiger charge is 2.25. The van der Waals surface area contributed by atoms with Gasteiger partial charge in [-0.25, -0.2) is 4.79 Å². The van der Waals surface area contributed by atoms with Gasteiger partial charge in [0, 0.05) is 12.1 Å². The number of rotatable bonds is 5. The summed E-state index contributed by atoms with van der Waals surface area (Å²) in [5.41, 5.74) is 7.20. The Morgan fingerprint density at radius 1 is 1.38 bits per heavy atom. The van der Waals surface area contributed by atoms with Crippen molar-refractivity contribution < 1.29 is 9.59 Å². The SMILES string of the molecule is Cc1ccccc1C(CC(=O)NC1CCCNC1C)NC(N)=O.Cl. The molecule has 7 heteroatoms. The van der Waals surface area contributed by atoms with Crippen molar-refractivity contribution in [1.82, 2.24) is 16.0 Å². The Balaban J connectivity index is 0.00000288. The van der Waals surface area contributed by atoms with Crippen LogP contribution in [0.2, 0.25) is 0 Å². The molecule has 24 heavy (non-hydrogen) atoms. The van der Waals surface area contributed by atoms with Crippen LogP contribution >= 0.6 is 12.4 Å². The van der Waals surface area contributed by atoms with Crippen LogP contribution in [0.1, 0.15) is 43.4 Å². The highest BCUT2D eigenvalue weighted by molar-refractivity contribution is 5.85. The number of carbonyl (C=O) groups excluding carboxylic acids is 2. The van der Waals surface area contributed by atoms with Crippen LogP contribution in [0, 0.1) is 6.92 Å². The first-order valence-electron chi connectivity index (χ1n) is 8.11. The van der Waals surface area contributed by atoms with Gasteiger partial charge in [0.05, 0.1) is 12.5 Å². The molecule has 1 saturated heterocycles. The number of piperidine rings is 1. The maximum atomic E-state index is 12.4. The second-order valence-electron chi connectivity index (χ2n) is 6.18. The second kappa shape index (κ2) is 9.49. The molecule has 3 atom stereocenters. The molecular weight excluding hydrogens is 328 g/mol. The molecule has 1 fully saturated rings. The third-order valence-corrected chi connectivity index (χ3v) is 4.38. The number of hydrogen-bond acceptors (Lipinski definition) is 3. The zero-order valence-electron chi connectivity index (χ0n) is 14.2. The predicted octanol–water partition coefficient (Wildman–Crippen LogP) is 1.77. The predicted molar refractivity (Wildman–Crippen MR) is 97.1 cm³/mol. The van der Waals surface area contributed by atoms with Gasteiger partial charge in [0.2, 0.25) is 5.91 Å². The molecule has 2 rings (SSSR count). The van der Waals surface area contributed by atoms with Crippen molar-refractivity contribution in [3.63, 3.8) is 0 Å². The number of primary amides is 1. The van der Waals surface area contributed by atoms with E-state index in [9.17, 15) is 9.59 Å². The molecule has 0 aromatic heterocycles. The van der Waals surface area contributed by atoms with Gasteiger partial charge in [-0.2, -0.15) is 0 Å². The summed E-state index contributed by atoms with van der Waals surface area (Å²) in [6.07, 6.45) is 2.20. The van der Waals surface area contributed by atoms with Crippen LogP contribution in [-0.4, -0.2) is 30.6 Å². The van der Waals surface area contributed by atoms with Crippen LogP contribution in [0.15, 0.2) is 24.3 Å². The first kappa shape index (κ1) is 20.3. The molecule has 1 heterocycles. The van der Waals surface area contributed by atoms with Crippen LogP contribution in [0.4, 0.5) is 4.79 Å². The summed E-state index contributed by atoms with van der Waals surface area (Å²) in [6.45, 7) is 5.02. The van der Waals surface area contributed by atoms with Crippen LogP contribution in [-0.2, 0) is 4.79 Å². The fourth-order valence-corrected chi connectivity index (χ4v) is 3.08. The van der Waals surface area contributed by atoms with E-state index in [-0.39, 0.29) is 36.8 Å². The van der Waals surface area contributed by atoms with Gasteiger partial charge < -0.3 is 21.7 Å². The molecule has 134 valence electrons. The highest BCUT2D eigenvalue weighted by Crippen LogP contribution is 2.21. The molecule has 5 N–H and O–H groups in total. The van der Waals surface area contributed by atoms with E-state index < -0.39 is 12.1 Å². The van der Waals surface area contributed by atoms with Crippen LogP contribution in [0.25, 0.3) is 0 Å². The van der Waals surface area contributed by atoms with Crippen molar-refractivity contribution in [2.75, 3.05) is 6.54 Å². The topological polar surface area (TPSA) is 96.2 Å². The van der Waals surface area contributed by atoms with Crippen LogP contribution in [0.3, 0.4) is 0 Å². The minimum Gasteiger partial charge on any atom is -0.352 e. The summed E-state index contributed by atoms with van der Waals surface area (Å²) in [6, 6.07) is 7.03. The third kappa shape index (κ3) is 5.69. The van der Waals surface area contributed by atoms with Gasteiger partial charge in [-0.1, -0.05) is 24.3 Å². The van der Waals surface area contributed by atoms with E-state index in [0.29, 0.717) is 0 Å². The third-order valence-electron chi connectivity index (χ3n) is 4.38. The number of amides is 3. The van der Waals surface area contributed by atoms with Crippen molar-refractivity contribution in [3.8, 4) is 0 Å². The Morgan fingerprint density at radius 2 is 2.08 bits per heavy atom. The summed E-state index contributed by atoms with van der Waals surface area (Å²) < 4.78 is 0. The molecule has 0 spiro atoms. The monoisotopic (exact) mass is 354 g/mol. The average molecular weight is 355 g/mol. The Morgan fingerprint density at radius 3 is 2.71 bits per heavy atom. The van der Waals surface area contributed by atoms with E-state index in [4.69, 9.17) is 5.73 Å². The summed E-state index contributed by atoms with van der Waals surface area (Å²) in [4.78, 5) is 23.7. The Labute approximate surface area is 149 Å². The standard InChI is InChI=1S/C17H26N4O2.ClH/c1-11-6-3-4-7-13(11)15(21-17(18)23)10-16(22)20-14-8-5-9-19-12(14)2;/h3-4,6-7,12,14-15,19H,5,8-10H2,1-2H3,(H,20,22)(H3,18,21,23);1H. The molecule has 0 saturated carbocycles. The lowest BCUT2D eigenvalue weighted by atomic mass is 9.97. The molecule has 0 bridgehead atoms. The van der Waals surface area contributed by atoms with E-state index in [1.807, 2.05) is 31.2 Å². The molecular formula is C17H27ClN4O2. The van der Waals surface area contributed by atoms with Gasteiger partial charge in [-0.05, 0) is 44.4 Å². The van der Waals surface area contributed by atoms with Crippen molar-refractivity contribution in [2.45, 2.75) is 51.2 Å². The minimum absolute atomic E-state index is 0. The maximum absolute atomic E-state index is 12.4. The molecule has 0 radical (unpaired) electrons. The summed E-state index contributed by atoms with van der Waals surface area (Å²) >= 11 is 0. The largest absolute Gasteiger partial charge is 0.352 e. The summed E-state index contributed by atoms with van der Waals surface area (Å²) in [5.74, 6) is -0.0763. The molecule has 3 amide bonds. The number of nitrogens with two attached hydrogens (primary N) is 1. The molecule has 1 aliphatic rings. The molecule has 1 aliphatic heterocycles. The number of aryl methyl sites for hydroxylation is 1. The lowest BCUT2D eigenvalue weighted by Gasteiger charge is -2.31. The zero-order valence-corrected chi connectivity index (χ0v) is 15.0. The average Bonchev–Trinajstić information content (AvgIpc) is 2.49. The van der Waals surface area contributed by atoms with Crippen molar-refractivity contribution in [1.29, 1.82) is 0 Å². The molecule has 6 nitrogen and oxygen atoms in total. The fraction of sp³-hybridized carbons (Fsp3) is 0.529. The lowest BCUT2D eigenvalue weighted by Crippen LogP contribution is -2.52. The van der Waals surface area contributed by atoms with Crippen molar-refractivity contribution in [2.24, 2.45) is 5.73 Å². The Bertz CT molecular complexity index is 567. The number of benzene rings is 1. The van der Waals surface area contributed by atoms with Crippen LogP contribution < -0.4 is 21.7 Å². The molecule has 3 unspecified atom stereocenters. The second-order valence-corrected chi connectivity index (χ2v) is 6.18. The minimum atomic E-state index is -0.626.